The fourth-order valence-corrected chi connectivity index (χ4v) is 0.953. The van der Waals surface area contributed by atoms with Crippen molar-refractivity contribution in [1.29, 1.82) is 5.26 Å². The summed E-state index contributed by atoms with van der Waals surface area (Å²) in [5, 5.41) is 8.49. The molecule has 2 nitrogen and oxygen atoms in total. The molecule has 64 valence electrons. The average Bonchev–Trinajstić information content (AvgIpc) is 2.31. The van der Waals surface area contributed by atoms with Gasteiger partial charge in [0.15, 0.2) is 0 Å². The first-order valence-electron chi connectivity index (χ1n) is 3.46. The van der Waals surface area contributed by atoms with Crippen LogP contribution in [0.2, 0.25) is 0 Å². The number of nitrogens with zero attached hydrogens (tertiary/aromatic N) is 2. The second-order valence-corrected chi connectivity index (χ2v) is 2.70. The van der Waals surface area contributed by atoms with Crippen LogP contribution in [0, 0.1) is 11.3 Å². The van der Waals surface area contributed by atoms with Crippen LogP contribution >= 0.6 is 0 Å². The zero-order chi connectivity index (χ0) is 9.19. The van der Waals surface area contributed by atoms with Crippen LogP contribution in [0.25, 0.3) is 0 Å². The molecule has 1 heterocycles. The number of hydrogen-bond acceptors (Lipinski definition) is 1. The molecule has 1 aromatic heterocycles. The van der Waals surface area contributed by atoms with Gasteiger partial charge >= 0.3 is 0 Å². The van der Waals surface area contributed by atoms with E-state index in [1.807, 2.05) is 6.07 Å². The van der Waals surface area contributed by atoms with E-state index < -0.39 is 12.5 Å². The Kier molecular flexibility index (Phi) is 2.13. The van der Waals surface area contributed by atoms with E-state index in [0.29, 0.717) is 0 Å². The van der Waals surface area contributed by atoms with Gasteiger partial charge < -0.3 is 4.57 Å². The van der Waals surface area contributed by atoms with Crippen molar-refractivity contribution in [1.82, 2.24) is 4.57 Å². The lowest BCUT2D eigenvalue weighted by Crippen LogP contribution is -2.19. The van der Waals surface area contributed by atoms with Crippen molar-refractivity contribution in [2.24, 2.45) is 0 Å². The molecule has 1 aromatic rings. The van der Waals surface area contributed by atoms with E-state index in [1.54, 1.807) is 6.07 Å². The summed E-state index contributed by atoms with van der Waals surface area (Å²) < 4.78 is 26.2. The van der Waals surface area contributed by atoms with E-state index in [0.717, 1.165) is 6.92 Å². The van der Waals surface area contributed by atoms with Crippen LogP contribution in [0.1, 0.15) is 12.6 Å². The Labute approximate surface area is 69.0 Å². The maximum Gasteiger partial charge on any atom is 0.262 e. The maximum absolute atomic E-state index is 12.5. The molecule has 0 fully saturated rings. The summed E-state index contributed by atoms with van der Waals surface area (Å²) in [5.74, 6) is -2.77. The summed E-state index contributed by atoms with van der Waals surface area (Å²) in [5.41, 5.74) is 0.261. The summed E-state index contributed by atoms with van der Waals surface area (Å²) in [6, 6.07) is 4.91. The van der Waals surface area contributed by atoms with Gasteiger partial charge in [-0.2, -0.15) is 5.26 Å². The van der Waals surface area contributed by atoms with Gasteiger partial charge in [0.05, 0.1) is 6.54 Å². The maximum atomic E-state index is 12.5. The Morgan fingerprint density at radius 1 is 1.67 bits per heavy atom. The third-order valence-corrected chi connectivity index (χ3v) is 1.39. The highest BCUT2D eigenvalue weighted by atomic mass is 19.3. The van der Waals surface area contributed by atoms with Crippen molar-refractivity contribution >= 4 is 0 Å². The van der Waals surface area contributed by atoms with E-state index in [-0.39, 0.29) is 5.69 Å². The lowest BCUT2D eigenvalue weighted by atomic mass is 10.3. The van der Waals surface area contributed by atoms with Crippen LogP contribution in [-0.2, 0) is 6.54 Å². The van der Waals surface area contributed by atoms with Crippen molar-refractivity contribution in [3.63, 3.8) is 0 Å². The van der Waals surface area contributed by atoms with Gasteiger partial charge in [0.2, 0.25) is 0 Å². The number of hydrogen-bond donors (Lipinski definition) is 0. The molecule has 4 heteroatoms. The Bertz CT molecular complexity index is 304. The highest BCUT2D eigenvalue weighted by Gasteiger charge is 2.22. The summed E-state index contributed by atoms with van der Waals surface area (Å²) in [6.45, 7) is 0.386. The summed E-state index contributed by atoms with van der Waals surface area (Å²) >= 11 is 0. The van der Waals surface area contributed by atoms with Crippen LogP contribution in [0.4, 0.5) is 8.78 Å². The van der Waals surface area contributed by atoms with Gasteiger partial charge in [-0.25, -0.2) is 8.78 Å². The molecule has 0 aliphatic carbocycles. The van der Waals surface area contributed by atoms with Gasteiger partial charge in [-0.05, 0) is 12.1 Å². The van der Waals surface area contributed by atoms with Crippen LogP contribution in [0.3, 0.4) is 0 Å². The van der Waals surface area contributed by atoms with Crippen LogP contribution in [0.5, 0.6) is 0 Å². The van der Waals surface area contributed by atoms with E-state index in [4.69, 9.17) is 5.26 Å². The molecule has 0 unspecified atom stereocenters. The van der Waals surface area contributed by atoms with E-state index in [1.165, 1.54) is 16.8 Å². The second kappa shape index (κ2) is 2.94. The number of halogens is 2. The Balaban J connectivity index is 2.84. The second-order valence-electron chi connectivity index (χ2n) is 2.70. The van der Waals surface area contributed by atoms with Crippen molar-refractivity contribution < 1.29 is 8.78 Å². The molecule has 0 aromatic carbocycles. The molecule has 0 saturated carbocycles. The SMILES string of the molecule is CC(F)(F)Cn1cccc1C#N. The molecule has 0 aliphatic heterocycles. The van der Waals surface area contributed by atoms with Gasteiger partial charge in [-0.3, -0.25) is 0 Å². The Morgan fingerprint density at radius 3 is 2.83 bits per heavy atom. The standard InChI is InChI=1S/C8H8F2N2/c1-8(9,10)6-12-4-2-3-7(12)5-11/h2-4H,6H2,1H3. The fourth-order valence-electron chi connectivity index (χ4n) is 0.953. The fraction of sp³-hybridized carbons (Fsp3) is 0.375. The first-order chi connectivity index (χ1) is 5.53. The number of alkyl halides is 2. The predicted octanol–water partition coefficient (Wildman–Crippen LogP) is 2.01. The lowest BCUT2D eigenvalue weighted by Gasteiger charge is -2.11. The van der Waals surface area contributed by atoms with Gasteiger partial charge in [-0.15, -0.1) is 0 Å². The molecular weight excluding hydrogens is 162 g/mol. The molecule has 0 atom stereocenters. The number of aromatic nitrogens is 1. The quantitative estimate of drug-likeness (QED) is 0.667. The zero-order valence-electron chi connectivity index (χ0n) is 6.59. The first-order valence-corrected chi connectivity index (χ1v) is 3.46. The van der Waals surface area contributed by atoms with Crippen molar-refractivity contribution in [2.75, 3.05) is 0 Å². The third-order valence-electron chi connectivity index (χ3n) is 1.39. The minimum atomic E-state index is -2.77. The third kappa shape index (κ3) is 2.06. The highest BCUT2D eigenvalue weighted by Crippen LogP contribution is 2.15. The predicted molar refractivity (Wildman–Crippen MR) is 39.8 cm³/mol. The highest BCUT2D eigenvalue weighted by molar-refractivity contribution is 5.22. The summed E-state index contributed by atoms with van der Waals surface area (Å²) in [4.78, 5) is 0. The molecule has 0 saturated heterocycles. The summed E-state index contributed by atoms with van der Waals surface area (Å²) in [6.07, 6.45) is 1.47. The molecule has 1 rings (SSSR count). The molecular formula is C8H8F2N2. The van der Waals surface area contributed by atoms with E-state index in [2.05, 4.69) is 0 Å². The van der Waals surface area contributed by atoms with Gasteiger partial charge in [0.1, 0.15) is 11.8 Å². The van der Waals surface area contributed by atoms with Crippen molar-refractivity contribution in [2.45, 2.75) is 19.4 Å². The number of rotatable bonds is 2. The molecule has 0 spiro atoms. The zero-order valence-corrected chi connectivity index (χ0v) is 6.59. The number of nitriles is 1. The minimum Gasteiger partial charge on any atom is -0.333 e. The summed E-state index contributed by atoms with van der Waals surface area (Å²) in [7, 11) is 0. The molecule has 0 aliphatic rings. The van der Waals surface area contributed by atoms with Crippen LogP contribution in [-0.4, -0.2) is 10.5 Å². The van der Waals surface area contributed by atoms with Crippen LogP contribution in [0.15, 0.2) is 18.3 Å². The van der Waals surface area contributed by atoms with Gasteiger partial charge in [-0.1, -0.05) is 0 Å². The smallest absolute Gasteiger partial charge is 0.262 e. The minimum absolute atomic E-state index is 0.261. The molecule has 0 N–H and O–H groups in total. The topological polar surface area (TPSA) is 28.7 Å². The van der Waals surface area contributed by atoms with Crippen molar-refractivity contribution in [3.05, 3.63) is 24.0 Å². The normalized spacial score (nSPS) is 11.2. The molecule has 0 amide bonds. The van der Waals surface area contributed by atoms with E-state index >= 15 is 0 Å². The van der Waals surface area contributed by atoms with Crippen molar-refractivity contribution in [3.8, 4) is 6.07 Å². The van der Waals surface area contributed by atoms with Crippen LogP contribution < -0.4 is 0 Å². The first kappa shape index (κ1) is 8.72. The van der Waals surface area contributed by atoms with Gasteiger partial charge in [0.25, 0.3) is 5.92 Å². The Hall–Kier alpha value is -1.37. The molecule has 12 heavy (non-hydrogen) atoms. The average molecular weight is 170 g/mol. The lowest BCUT2D eigenvalue weighted by molar-refractivity contribution is 0.00381. The van der Waals surface area contributed by atoms with E-state index in [9.17, 15) is 8.78 Å². The molecule has 0 radical (unpaired) electrons. The Morgan fingerprint density at radius 2 is 2.33 bits per heavy atom. The van der Waals surface area contributed by atoms with Gasteiger partial charge in [0, 0.05) is 13.1 Å². The molecule has 0 bridgehead atoms. The monoisotopic (exact) mass is 170 g/mol. The largest absolute Gasteiger partial charge is 0.333 e.